The van der Waals surface area contributed by atoms with Gasteiger partial charge in [-0.1, -0.05) is 44.0 Å². The van der Waals surface area contributed by atoms with Crippen LogP contribution in [0.5, 0.6) is 0 Å². The number of hydrogen-bond donors (Lipinski definition) is 2. The highest BCUT2D eigenvalue weighted by Crippen LogP contribution is 2.33. The zero-order chi connectivity index (χ0) is 19.4. The zero-order valence-corrected chi connectivity index (χ0v) is 18.1. The Labute approximate surface area is 178 Å². The molecule has 4 aromatic rings. The Bertz CT molecular complexity index is 1270. The lowest BCUT2D eigenvalue weighted by Crippen LogP contribution is -2.42. The van der Waals surface area contributed by atoms with E-state index < -0.39 is 0 Å². The number of nitrogens with one attached hydrogen (secondary N) is 2. The lowest BCUT2D eigenvalue weighted by molar-refractivity contribution is -0.125. The van der Waals surface area contributed by atoms with Crippen molar-refractivity contribution < 1.29 is 4.79 Å². The third kappa shape index (κ3) is 2.72. The summed E-state index contributed by atoms with van der Waals surface area (Å²) in [5.41, 5.74) is 4.47. The van der Waals surface area contributed by atoms with Gasteiger partial charge in [0, 0.05) is 61.3 Å². The van der Waals surface area contributed by atoms with Gasteiger partial charge < -0.3 is 14.9 Å². The van der Waals surface area contributed by atoms with Crippen LogP contribution in [0, 0.1) is 0 Å². The second kappa shape index (κ2) is 6.60. The molecule has 3 heterocycles. The van der Waals surface area contributed by atoms with Crippen molar-refractivity contribution in [3.63, 3.8) is 0 Å². The second-order valence-corrected chi connectivity index (χ2v) is 8.78. The number of hydrogen-bond acceptors (Lipinski definition) is 2. The van der Waals surface area contributed by atoms with Crippen LogP contribution in [0.4, 0.5) is 0 Å². The van der Waals surface area contributed by atoms with Gasteiger partial charge in [0.1, 0.15) is 5.71 Å². The van der Waals surface area contributed by atoms with Gasteiger partial charge in [0.05, 0.1) is 12.6 Å². The lowest BCUT2D eigenvalue weighted by Gasteiger charge is -2.31. The van der Waals surface area contributed by atoms with Crippen LogP contribution < -0.4 is 0 Å². The number of carbonyl (C=O) groups excluding carboxylic acids is 1. The van der Waals surface area contributed by atoms with Gasteiger partial charge in [-0.25, -0.2) is 0 Å². The van der Waals surface area contributed by atoms with Gasteiger partial charge in [-0.15, -0.1) is 0 Å². The number of rotatable bonds is 2. The third-order valence-corrected chi connectivity index (χ3v) is 6.33. The molecular weight excluding hydrogens is 484 g/mol. The number of H-pyrrole nitrogens is 2. The average molecular weight is 500 g/mol. The van der Waals surface area contributed by atoms with Crippen molar-refractivity contribution >= 4 is 65.3 Å². The molecule has 0 saturated carbocycles. The van der Waals surface area contributed by atoms with E-state index in [1.54, 1.807) is 4.90 Å². The monoisotopic (exact) mass is 498 g/mol. The van der Waals surface area contributed by atoms with Crippen molar-refractivity contribution in [1.29, 1.82) is 0 Å². The molecule has 1 aliphatic rings. The molecular formula is C21H16Br2N4O. The van der Waals surface area contributed by atoms with Gasteiger partial charge in [-0.2, -0.15) is 0 Å². The minimum Gasteiger partial charge on any atom is -0.361 e. The topological polar surface area (TPSA) is 64.2 Å². The summed E-state index contributed by atoms with van der Waals surface area (Å²) in [6.07, 6.45) is 3.85. The van der Waals surface area contributed by atoms with E-state index in [9.17, 15) is 4.79 Å². The number of amides is 1. The Kier molecular flexibility index (Phi) is 4.17. The predicted octanol–water partition coefficient (Wildman–Crippen LogP) is 5.18. The summed E-state index contributed by atoms with van der Waals surface area (Å²) in [5, 5.41) is 2.11. The molecule has 0 fully saturated rings. The molecule has 140 valence electrons. The highest BCUT2D eigenvalue weighted by Gasteiger charge is 2.32. The number of nitrogens with zero attached hydrogens (tertiary/aromatic N) is 2. The van der Waals surface area contributed by atoms with Crippen molar-refractivity contribution in [3.05, 3.63) is 68.9 Å². The summed E-state index contributed by atoms with van der Waals surface area (Å²) < 4.78 is 2.02. The van der Waals surface area contributed by atoms with Gasteiger partial charge in [-0.3, -0.25) is 9.79 Å². The van der Waals surface area contributed by atoms with Gasteiger partial charge in [0.15, 0.2) is 0 Å². The maximum atomic E-state index is 13.2. The summed E-state index contributed by atoms with van der Waals surface area (Å²) >= 11 is 6.98. The fraction of sp³-hybridized carbons (Fsp3) is 0.143. The van der Waals surface area contributed by atoms with E-state index >= 15 is 0 Å². The van der Waals surface area contributed by atoms with Gasteiger partial charge in [-0.05, 0) is 24.3 Å². The molecule has 1 aliphatic heterocycles. The molecule has 0 saturated heterocycles. The van der Waals surface area contributed by atoms with Crippen LogP contribution in [0.1, 0.15) is 17.2 Å². The number of aromatic nitrogens is 2. The van der Waals surface area contributed by atoms with E-state index in [1.165, 1.54) is 0 Å². The SMILES string of the molecule is CN1C(=O)C(c2c[nH]c3cc(Br)ccc23)=NCC1c1c[nH]c2cc(Br)ccc12. The van der Waals surface area contributed by atoms with E-state index in [0.717, 1.165) is 41.9 Å². The smallest absolute Gasteiger partial charge is 0.273 e. The van der Waals surface area contributed by atoms with E-state index in [1.807, 2.05) is 49.8 Å². The van der Waals surface area contributed by atoms with Crippen LogP contribution in [0.3, 0.4) is 0 Å². The Morgan fingerprint density at radius 1 is 1.00 bits per heavy atom. The predicted molar refractivity (Wildman–Crippen MR) is 119 cm³/mol. The molecule has 2 aromatic heterocycles. The van der Waals surface area contributed by atoms with Crippen LogP contribution in [-0.4, -0.2) is 40.1 Å². The zero-order valence-electron chi connectivity index (χ0n) is 15.0. The first-order valence-corrected chi connectivity index (χ1v) is 10.5. The summed E-state index contributed by atoms with van der Waals surface area (Å²) in [6, 6.07) is 12.0. The largest absolute Gasteiger partial charge is 0.361 e. The molecule has 0 spiro atoms. The molecule has 1 atom stereocenters. The third-order valence-electron chi connectivity index (χ3n) is 5.35. The van der Waals surface area contributed by atoms with Gasteiger partial charge >= 0.3 is 0 Å². The van der Waals surface area contributed by atoms with E-state index in [2.05, 4.69) is 47.9 Å². The highest BCUT2D eigenvalue weighted by atomic mass is 79.9. The molecule has 0 radical (unpaired) electrons. The second-order valence-electron chi connectivity index (χ2n) is 6.95. The van der Waals surface area contributed by atoms with E-state index in [0.29, 0.717) is 12.3 Å². The fourth-order valence-corrected chi connectivity index (χ4v) is 4.60. The molecule has 7 heteroatoms. The van der Waals surface area contributed by atoms with Crippen LogP contribution in [0.25, 0.3) is 21.8 Å². The Morgan fingerprint density at radius 3 is 2.39 bits per heavy atom. The number of carbonyl (C=O) groups is 1. The summed E-state index contributed by atoms with van der Waals surface area (Å²) in [4.78, 5) is 26.2. The molecule has 5 rings (SSSR count). The minimum atomic E-state index is -0.0921. The Morgan fingerprint density at radius 2 is 1.64 bits per heavy atom. The van der Waals surface area contributed by atoms with E-state index in [4.69, 9.17) is 4.99 Å². The van der Waals surface area contributed by atoms with Crippen LogP contribution in [-0.2, 0) is 4.79 Å². The quantitative estimate of drug-likeness (QED) is 0.392. The molecule has 28 heavy (non-hydrogen) atoms. The molecule has 1 unspecified atom stereocenters. The number of fused-ring (bicyclic) bond motifs is 2. The number of likely N-dealkylation sites (N-methyl/N-ethyl adjacent to an activating group) is 1. The number of benzene rings is 2. The number of aliphatic imine (C=N–C) groups is 1. The summed E-state index contributed by atoms with van der Waals surface area (Å²) in [5.74, 6) is -0.0634. The molecule has 2 N–H and O–H groups in total. The fourth-order valence-electron chi connectivity index (χ4n) is 3.87. The van der Waals surface area contributed by atoms with Crippen molar-refractivity contribution in [2.45, 2.75) is 6.04 Å². The van der Waals surface area contributed by atoms with Gasteiger partial charge in [0.25, 0.3) is 5.91 Å². The van der Waals surface area contributed by atoms with Crippen molar-refractivity contribution in [3.8, 4) is 0 Å². The molecule has 2 aromatic carbocycles. The summed E-state index contributed by atoms with van der Waals surface area (Å²) in [7, 11) is 1.85. The van der Waals surface area contributed by atoms with Crippen molar-refractivity contribution in [2.24, 2.45) is 4.99 Å². The van der Waals surface area contributed by atoms with Crippen molar-refractivity contribution in [1.82, 2.24) is 14.9 Å². The number of aromatic amines is 2. The van der Waals surface area contributed by atoms with E-state index in [-0.39, 0.29) is 11.9 Å². The average Bonchev–Trinajstić information content (AvgIpc) is 3.27. The van der Waals surface area contributed by atoms with Crippen LogP contribution in [0.15, 0.2) is 62.7 Å². The molecule has 0 bridgehead atoms. The van der Waals surface area contributed by atoms with Crippen LogP contribution >= 0.6 is 31.9 Å². The minimum absolute atomic E-state index is 0.0634. The van der Waals surface area contributed by atoms with Gasteiger partial charge in [0.2, 0.25) is 0 Å². The van der Waals surface area contributed by atoms with Crippen LogP contribution in [0.2, 0.25) is 0 Å². The molecule has 1 amide bonds. The Balaban J connectivity index is 1.55. The first kappa shape index (κ1) is 17.7. The van der Waals surface area contributed by atoms with Crippen molar-refractivity contribution in [2.75, 3.05) is 13.6 Å². The maximum Gasteiger partial charge on any atom is 0.273 e. The summed E-state index contributed by atoms with van der Waals surface area (Å²) in [6.45, 7) is 0.532. The first-order chi connectivity index (χ1) is 13.5. The lowest BCUT2D eigenvalue weighted by atomic mass is 10.00. The molecule has 0 aliphatic carbocycles. The highest BCUT2D eigenvalue weighted by molar-refractivity contribution is 9.10. The Hall–Kier alpha value is -2.38. The first-order valence-electron chi connectivity index (χ1n) is 8.88. The maximum absolute atomic E-state index is 13.2. The normalized spacial score (nSPS) is 17.5. The standard InChI is InChI=1S/C21H16Br2N4O/c1-27-19(15-8-24-17-6-11(22)2-4-13(15)17)10-26-20(21(27)28)16-9-25-18-7-12(23)3-5-14(16)18/h2-9,19,24-25H,10H2,1H3. The number of halogens is 2. The molecule has 5 nitrogen and oxygen atoms in total.